The zero-order valence-electron chi connectivity index (χ0n) is 11.2. The van der Waals surface area contributed by atoms with Crippen molar-refractivity contribution in [1.82, 2.24) is 14.5 Å². The van der Waals surface area contributed by atoms with Gasteiger partial charge in [-0.25, -0.2) is 4.98 Å². The van der Waals surface area contributed by atoms with Crippen LogP contribution in [0, 0.1) is 0 Å². The summed E-state index contributed by atoms with van der Waals surface area (Å²) in [4.78, 5) is 18.7. The van der Waals surface area contributed by atoms with Gasteiger partial charge in [0.15, 0.2) is 0 Å². The number of rotatable bonds is 4. The first-order valence-corrected chi connectivity index (χ1v) is 7.79. The molecular weight excluding hydrogens is 272 g/mol. The molecule has 1 saturated heterocycles. The minimum Gasteiger partial charge on any atom is -0.335 e. The SMILES string of the molecule is NCCn1cnc(C(=O)N2CCCC2c2ccsc2)c1. The van der Waals surface area contributed by atoms with E-state index in [4.69, 9.17) is 5.73 Å². The second-order valence-electron chi connectivity index (χ2n) is 5.00. The number of likely N-dealkylation sites (tertiary alicyclic amines) is 1. The summed E-state index contributed by atoms with van der Waals surface area (Å²) in [6, 6.07) is 2.31. The van der Waals surface area contributed by atoms with Crippen molar-refractivity contribution in [1.29, 1.82) is 0 Å². The fraction of sp³-hybridized carbons (Fsp3) is 0.429. The molecule has 0 saturated carbocycles. The van der Waals surface area contributed by atoms with Gasteiger partial charge in [0.25, 0.3) is 5.91 Å². The zero-order valence-corrected chi connectivity index (χ0v) is 12.1. The van der Waals surface area contributed by atoms with Crippen molar-refractivity contribution in [3.63, 3.8) is 0 Å². The van der Waals surface area contributed by atoms with Crippen LogP contribution in [0.2, 0.25) is 0 Å². The van der Waals surface area contributed by atoms with Crippen molar-refractivity contribution in [2.75, 3.05) is 13.1 Å². The number of thiophene rings is 1. The summed E-state index contributed by atoms with van der Waals surface area (Å²) in [7, 11) is 0. The Kier molecular flexibility index (Phi) is 3.84. The van der Waals surface area contributed by atoms with Gasteiger partial charge in [0.1, 0.15) is 5.69 Å². The standard InChI is InChI=1S/C14H18N4OS/c15-4-6-17-8-12(16-10-17)14(19)18-5-1-2-13(18)11-3-7-20-9-11/h3,7-10,13H,1-2,4-6,15H2. The van der Waals surface area contributed by atoms with Crippen LogP contribution in [-0.2, 0) is 6.54 Å². The van der Waals surface area contributed by atoms with E-state index >= 15 is 0 Å². The van der Waals surface area contributed by atoms with Crippen LogP contribution in [0.25, 0.3) is 0 Å². The molecule has 1 unspecified atom stereocenters. The molecule has 1 atom stereocenters. The predicted octanol–water partition coefficient (Wildman–Crippen LogP) is 1.88. The minimum atomic E-state index is 0.0227. The first-order chi connectivity index (χ1) is 9.79. The molecule has 20 heavy (non-hydrogen) atoms. The summed E-state index contributed by atoms with van der Waals surface area (Å²) >= 11 is 1.68. The van der Waals surface area contributed by atoms with Gasteiger partial charge in [-0.05, 0) is 35.2 Å². The molecule has 2 aromatic heterocycles. The van der Waals surface area contributed by atoms with Gasteiger partial charge < -0.3 is 15.2 Å². The molecule has 3 heterocycles. The maximum atomic E-state index is 12.6. The van der Waals surface area contributed by atoms with E-state index in [1.807, 2.05) is 9.47 Å². The second-order valence-corrected chi connectivity index (χ2v) is 5.78. The average Bonchev–Trinajstić information content (AvgIpc) is 3.19. The number of nitrogens with two attached hydrogens (primary N) is 1. The zero-order chi connectivity index (χ0) is 13.9. The van der Waals surface area contributed by atoms with Crippen molar-refractivity contribution in [2.24, 2.45) is 5.73 Å². The largest absolute Gasteiger partial charge is 0.335 e. The number of hydrogen-bond acceptors (Lipinski definition) is 4. The Morgan fingerprint density at radius 3 is 3.20 bits per heavy atom. The lowest BCUT2D eigenvalue weighted by molar-refractivity contribution is 0.0730. The first-order valence-electron chi connectivity index (χ1n) is 6.84. The number of carbonyl (C=O) groups is 1. The van der Waals surface area contributed by atoms with E-state index in [-0.39, 0.29) is 11.9 Å². The van der Waals surface area contributed by atoms with Crippen LogP contribution >= 0.6 is 11.3 Å². The summed E-state index contributed by atoms with van der Waals surface area (Å²) in [5.74, 6) is 0.0227. The van der Waals surface area contributed by atoms with E-state index in [1.54, 1.807) is 23.9 Å². The van der Waals surface area contributed by atoms with Crippen LogP contribution in [0.5, 0.6) is 0 Å². The predicted molar refractivity (Wildman–Crippen MR) is 78.6 cm³/mol. The van der Waals surface area contributed by atoms with Crippen LogP contribution in [-0.4, -0.2) is 33.4 Å². The molecule has 6 heteroatoms. The first kappa shape index (κ1) is 13.3. The number of imidazole rings is 1. The molecule has 0 spiro atoms. The highest BCUT2D eigenvalue weighted by molar-refractivity contribution is 7.07. The summed E-state index contributed by atoms with van der Waals surface area (Å²) in [6.07, 6.45) is 5.55. The molecule has 0 aliphatic carbocycles. The van der Waals surface area contributed by atoms with Crippen LogP contribution in [0.3, 0.4) is 0 Å². The van der Waals surface area contributed by atoms with Gasteiger partial charge in [-0.1, -0.05) is 0 Å². The molecular formula is C14H18N4OS. The Labute approximate surface area is 122 Å². The second kappa shape index (κ2) is 5.76. The van der Waals surface area contributed by atoms with Crippen molar-refractivity contribution < 1.29 is 4.79 Å². The molecule has 0 radical (unpaired) electrons. The average molecular weight is 290 g/mol. The van der Waals surface area contributed by atoms with E-state index < -0.39 is 0 Å². The van der Waals surface area contributed by atoms with Gasteiger partial charge in [0.05, 0.1) is 12.4 Å². The molecule has 1 amide bonds. The molecule has 1 aliphatic rings. The molecule has 2 aromatic rings. The third-order valence-corrected chi connectivity index (χ3v) is 4.38. The fourth-order valence-electron chi connectivity index (χ4n) is 2.71. The third kappa shape index (κ3) is 2.48. The van der Waals surface area contributed by atoms with Crippen molar-refractivity contribution in [3.05, 3.63) is 40.6 Å². The molecule has 2 N–H and O–H groups in total. The molecule has 1 fully saturated rings. The van der Waals surface area contributed by atoms with Gasteiger partial charge >= 0.3 is 0 Å². The minimum absolute atomic E-state index is 0.0227. The van der Waals surface area contributed by atoms with Crippen LogP contribution in [0.4, 0.5) is 0 Å². The topological polar surface area (TPSA) is 64.2 Å². The van der Waals surface area contributed by atoms with E-state index in [9.17, 15) is 4.79 Å². The highest BCUT2D eigenvalue weighted by Gasteiger charge is 2.31. The van der Waals surface area contributed by atoms with Gasteiger partial charge in [0, 0.05) is 25.8 Å². The molecule has 3 rings (SSSR count). The number of nitrogens with zero attached hydrogens (tertiary/aromatic N) is 3. The van der Waals surface area contributed by atoms with Gasteiger partial charge in [-0.3, -0.25) is 4.79 Å². The Morgan fingerprint density at radius 1 is 1.55 bits per heavy atom. The van der Waals surface area contributed by atoms with Gasteiger partial charge in [0.2, 0.25) is 0 Å². The summed E-state index contributed by atoms with van der Waals surface area (Å²) in [5, 5.41) is 4.19. The smallest absolute Gasteiger partial charge is 0.274 e. The lowest BCUT2D eigenvalue weighted by Gasteiger charge is -2.23. The number of aromatic nitrogens is 2. The van der Waals surface area contributed by atoms with Gasteiger partial charge in [-0.2, -0.15) is 11.3 Å². The van der Waals surface area contributed by atoms with E-state index in [1.165, 1.54) is 5.56 Å². The lowest BCUT2D eigenvalue weighted by atomic mass is 10.1. The Morgan fingerprint density at radius 2 is 2.45 bits per heavy atom. The maximum Gasteiger partial charge on any atom is 0.274 e. The van der Waals surface area contributed by atoms with E-state index in [2.05, 4.69) is 21.8 Å². The van der Waals surface area contributed by atoms with E-state index in [0.717, 1.165) is 19.4 Å². The lowest BCUT2D eigenvalue weighted by Crippen LogP contribution is -2.30. The number of hydrogen-bond donors (Lipinski definition) is 1. The van der Waals surface area contributed by atoms with Crippen molar-refractivity contribution >= 4 is 17.2 Å². The normalized spacial score (nSPS) is 18.6. The Balaban J connectivity index is 1.78. The van der Waals surface area contributed by atoms with Crippen LogP contribution in [0.1, 0.15) is 34.9 Å². The van der Waals surface area contributed by atoms with Gasteiger partial charge in [-0.15, -0.1) is 0 Å². The van der Waals surface area contributed by atoms with Crippen molar-refractivity contribution in [3.8, 4) is 0 Å². The summed E-state index contributed by atoms with van der Waals surface area (Å²) in [5.41, 5.74) is 7.26. The third-order valence-electron chi connectivity index (χ3n) is 3.68. The van der Waals surface area contributed by atoms with E-state index in [0.29, 0.717) is 18.8 Å². The molecule has 0 bridgehead atoms. The number of amides is 1. The van der Waals surface area contributed by atoms with Crippen LogP contribution < -0.4 is 5.73 Å². The number of carbonyl (C=O) groups excluding carboxylic acids is 1. The molecule has 106 valence electrons. The Hall–Kier alpha value is -1.66. The monoisotopic (exact) mass is 290 g/mol. The quantitative estimate of drug-likeness (QED) is 0.935. The van der Waals surface area contributed by atoms with Crippen LogP contribution in [0.15, 0.2) is 29.4 Å². The molecule has 0 aromatic carbocycles. The highest BCUT2D eigenvalue weighted by atomic mass is 32.1. The fourth-order valence-corrected chi connectivity index (χ4v) is 3.42. The maximum absolute atomic E-state index is 12.6. The van der Waals surface area contributed by atoms with Crippen molar-refractivity contribution in [2.45, 2.75) is 25.4 Å². The summed E-state index contributed by atoms with van der Waals surface area (Å²) in [6.45, 7) is 2.04. The summed E-state index contributed by atoms with van der Waals surface area (Å²) < 4.78 is 1.86. The molecule has 1 aliphatic heterocycles. The highest BCUT2D eigenvalue weighted by Crippen LogP contribution is 2.33. The Bertz CT molecular complexity index is 578. The molecule has 5 nitrogen and oxygen atoms in total.